The number of rotatable bonds is 6. The summed E-state index contributed by atoms with van der Waals surface area (Å²) in [7, 11) is 1.30. The van der Waals surface area contributed by atoms with Crippen molar-refractivity contribution in [3.63, 3.8) is 0 Å². The summed E-state index contributed by atoms with van der Waals surface area (Å²) in [5.74, 6) is -1.25. The van der Waals surface area contributed by atoms with Gasteiger partial charge in [0.1, 0.15) is 0 Å². The number of hydrogen-bond acceptors (Lipinski definition) is 5. The lowest BCUT2D eigenvalue weighted by atomic mass is 10.2. The third kappa shape index (κ3) is 5.55. The first-order valence-corrected chi connectivity index (χ1v) is 7.85. The molecule has 2 N–H and O–H groups in total. The molecule has 0 saturated carbocycles. The monoisotopic (exact) mass is 353 g/mol. The Hall–Kier alpha value is -3.48. The molecule has 0 fully saturated rings. The number of nitrogens with one attached hydrogen (secondary N) is 2. The van der Waals surface area contributed by atoms with Crippen molar-refractivity contribution in [2.45, 2.75) is 13.5 Å². The SMILES string of the molecule is COC(=O)c1ccc(NC(=O)/C(C)=C/C(=O)NCc2ccccn2)cc1. The van der Waals surface area contributed by atoms with Crippen LogP contribution in [0.4, 0.5) is 5.69 Å². The summed E-state index contributed by atoms with van der Waals surface area (Å²) in [4.78, 5) is 39.5. The number of hydrogen-bond donors (Lipinski definition) is 2. The number of carbonyl (C=O) groups is 3. The largest absolute Gasteiger partial charge is 0.465 e. The van der Waals surface area contributed by atoms with Gasteiger partial charge in [-0.3, -0.25) is 14.6 Å². The van der Waals surface area contributed by atoms with E-state index in [1.54, 1.807) is 49.5 Å². The van der Waals surface area contributed by atoms with E-state index in [1.807, 2.05) is 6.07 Å². The fraction of sp³-hybridized carbons (Fsp3) is 0.158. The van der Waals surface area contributed by atoms with E-state index in [0.717, 1.165) is 5.69 Å². The minimum atomic E-state index is -0.455. The Kier molecular flexibility index (Phi) is 6.61. The van der Waals surface area contributed by atoms with Crippen LogP contribution in [-0.4, -0.2) is 29.9 Å². The summed E-state index contributed by atoms with van der Waals surface area (Å²) >= 11 is 0. The van der Waals surface area contributed by atoms with E-state index in [1.165, 1.54) is 13.2 Å². The Morgan fingerprint density at radius 3 is 2.46 bits per heavy atom. The molecule has 0 saturated heterocycles. The zero-order chi connectivity index (χ0) is 18.9. The lowest BCUT2D eigenvalue weighted by molar-refractivity contribution is -0.117. The van der Waals surface area contributed by atoms with Gasteiger partial charge >= 0.3 is 5.97 Å². The van der Waals surface area contributed by atoms with Crippen molar-refractivity contribution < 1.29 is 19.1 Å². The average molecular weight is 353 g/mol. The quantitative estimate of drug-likeness (QED) is 0.612. The highest BCUT2D eigenvalue weighted by atomic mass is 16.5. The summed E-state index contributed by atoms with van der Waals surface area (Å²) in [5, 5.41) is 5.32. The van der Waals surface area contributed by atoms with E-state index < -0.39 is 11.9 Å². The standard InChI is InChI=1S/C19H19N3O4/c1-13(11-17(23)21-12-16-5-3-4-10-20-16)18(24)22-15-8-6-14(7-9-15)19(25)26-2/h3-11H,12H2,1-2H3,(H,21,23)(H,22,24)/b13-11+. The van der Waals surface area contributed by atoms with Gasteiger partial charge in [-0.05, 0) is 43.3 Å². The molecule has 26 heavy (non-hydrogen) atoms. The number of anilines is 1. The number of pyridine rings is 1. The summed E-state index contributed by atoms with van der Waals surface area (Å²) < 4.78 is 4.61. The van der Waals surface area contributed by atoms with Gasteiger partial charge in [0.15, 0.2) is 0 Å². The molecular formula is C19H19N3O4. The number of carbonyl (C=O) groups excluding carboxylic acids is 3. The second-order valence-corrected chi connectivity index (χ2v) is 5.39. The lowest BCUT2D eigenvalue weighted by Crippen LogP contribution is -2.23. The number of esters is 1. The maximum Gasteiger partial charge on any atom is 0.337 e. The molecule has 1 aromatic heterocycles. The van der Waals surface area contributed by atoms with Gasteiger partial charge in [-0.1, -0.05) is 6.07 Å². The first kappa shape index (κ1) is 18.9. The molecule has 1 aromatic carbocycles. The van der Waals surface area contributed by atoms with Crippen molar-refractivity contribution >= 4 is 23.5 Å². The highest BCUT2D eigenvalue weighted by Gasteiger charge is 2.09. The topological polar surface area (TPSA) is 97.4 Å². The third-order valence-corrected chi connectivity index (χ3v) is 3.44. The Morgan fingerprint density at radius 2 is 1.85 bits per heavy atom. The van der Waals surface area contributed by atoms with Crippen LogP contribution in [0.25, 0.3) is 0 Å². The summed E-state index contributed by atoms with van der Waals surface area (Å²) in [6.07, 6.45) is 2.86. The maximum absolute atomic E-state index is 12.1. The van der Waals surface area contributed by atoms with Gasteiger partial charge in [0.05, 0.1) is 24.9 Å². The lowest BCUT2D eigenvalue weighted by Gasteiger charge is -2.07. The van der Waals surface area contributed by atoms with Gasteiger partial charge < -0.3 is 15.4 Å². The van der Waals surface area contributed by atoms with Crippen molar-refractivity contribution in [3.05, 3.63) is 71.6 Å². The molecule has 1 heterocycles. The summed E-state index contributed by atoms with van der Waals surface area (Å²) in [5.41, 5.74) is 1.86. The highest BCUT2D eigenvalue weighted by molar-refractivity contribution is 6.07. The van der Waals surface area contributed by atoms with Crippen LogP contribution < -0.4 is 10.6 Å². The van der Waals surface area contributed by atoms with E-state index in [0.29, 0.717) is 11.3 Å². The highest BCUT2D eigenvalue weighted by Crippen LogP contribution is 2.11. The Bertz CT molecular complexity index is 814. The number of methoxy groups -OCH3 is 1. The van der Waals surface area contributed by atoms with E-state index in [4.69, 9.17) is 0 Å². The van der Waals surface area contributed by atoms with E-state index in [-0.39, 0.29) is 18.0 Å². The van der Waals surface area contributed by atoms with Gasteiger partial charge in [-0.15, -0.1) is 0 Å². The van der Waals surface area contributed by atoms with Gasteiger partial charge in [-0.25, -0.2) is 4.79 Å². The molecule has 0 bridgehead atoms. The normalized spacial score (nSPS) is 10.8. The molecule has 0 aliphatic heterocycles. The minimum Gasteiger partial charge on any atom is -0.465 e. The first-order chi connectivity index (χ1) is 12.5. The summed E-state index contributed by atoms with van der Waals surface area (Å²) in [6, 6.07) is 11.7. The molecule has 0 unspecified atom stereocenters. The number of nitrogens with zero attached hydrogens (tertiary/aromatic N) is 1. The second kappa shape index (κ2) is 9.12. The van der Waals surface area contributed by atoms with Crippen LogP contribution in [0.1, 0.15) is 23.0 Å². The van der Waals surface area contributed by atoms with Crippen molar-refractivity contribution in [2.75, 3.05) is 12.4 Å². The number of amides is 2. The minimum absolute atomic E-state index is 0.251. The van der Waals surface area contributed by atoms with Gasteiger partial charge in [0.2, 0.25) is 5.91 Å². The fourth-order valence-corrected chi connectivity index (χ4v) is 2.03. The predicted octanol–water partition coefficient (Wildman–Crippen LogP) is 2.07. The summed E-state index contributed by atoms with van der Waals surface area (Å²) in [6.45, 7) is 1.82. The third-order valence-electron chi connectivity index (χ3n) is 3.44. The van der Waals surface area contributed by atoms with Crippen LogP contribution in [-0.2, 0) is 20.9 Å². The fourth-order valence-electron chi connectivity index (χ4n) is 2.03. The van der Waals surface area contributed by atoms with E-state index in [2.05, 4.69) is 20.4 Å². The van der Waals surface area contributed by atoms with Crippen LogP contribution in [0.2, 0.25) is 0 Å². The molecule has 7 nitrogen and oxygen atoms in total. The predicted molar refractivity (Wildman–Crippen MR) is 96.3 cm³/mol. The second-order valence-electron chi connectivity index (χ2n) is 5.39. The first-order valence-electron chi connectivity index (χ1n) is 7.85. The number of ether oxygens (including phenoxy) is 1. The Labute approximate surface area is 151 Å². The van der Waals surface area contributed by atoms with Crippen molar-refractivity contribution in [2.24, 2.45) is 0 Å². The Morgan fingerprint density at radius 1 is 1.12 bits per heavy atom. The van der Waals surface area contributed by atoms with Crippen molar-refractivity contribution in [3.8, 4) is 0 Å². The molecule has 2 amide bonds. The Balaban J connectivity index is 1.90. The molecule has 2 aromatic rings. The molecular weight excluding hydrogens is 334 g/mol. The van der Waals surface area contributed by atoms with Gasteiger partial charge in [0.25, 0.3) is 5.91 Å². The van der Waals surface area contributed by atoms with Crippen molar-refractivity contribution in [1.82, 2.24) is 10.3 Å². The zero-order valence-electron chi connectivity index (χ0n) is 14.5. The van der Waals surface area contributed by atoms with Crippen molar-refractivity contribution in [1.29, 1.82) is 0 Å². The van der Waals surface area contributed by atoms with Gasteiger partial charge in [0, 0.05) is 23.5 Å². The molecule has 2 rings (SSSR count). The van der Waals surface area contributed by atoms with Crippen LogP contribution in [0.15, 0.2) is 60.3 Å². The van der Waals surface area contributed by atoms with Crippen LogP contribution >= 0.6 is 0 Å². The molecule has 0 aliphatic carbocycles. The average Bonchev–Trinajstić information content (AvgIpc) is 2.67. The zero-order valence-corrected chi connectivity index (χ0v) is 14.5. The molecule has 0 atom stereocenters. The smallest absolute Gasteiger partial charge is 0.337 e. The maximum atomic E-state index is 12.1. The van der Waals surface area contributed by atoms with Crippen LogP contribution in [0.3, 0.4) is 0 Å². The van der Waals surface area contributed by atoms with Gasteiger partial charge in [-0.2, -0.15) is 0 Å². The molecule has 0 aliphatic rings. The number of benzene rings is 1. The molecule has 134 valence electrons. The van der Waals surface area contributed by atoms with Crippen LogP contribution in [0.5, 0.6) is 0 Å². The molecule has 0 radical (unpaired) electrons. The van der Waals surface area contributed by atoms with Crippen LogP contribution in [0, 0.1) is 0 Å². The molecule has 7 heteroatoms. The van der Waals surface area contributed by atoms with E-state index in [9.17, 15) is 14.4 Å². The van der Waals surface area contributed by atoms with E-state index >= 15 is 0 Å². The number of aromatic nitrogens is 1. The molecule has 0 spiro atoms.